The average Bonchev–Trinajstić information content (AvgIpc) is 3.20. The largest absolute Gasteiger partial charge is 0.386 e. The summed E-state index contributed by atoms with van der Waals surface area (Å²) < 4.78 is 0. The molecule has 1 saturated carbocycles. The second-order valence-electron chi connectivity index (χ2n) is 6.36. The molecular weight excluding hydrogens is 268 g/mol. The predicted octanol–water partition coefficient (Wildman–Crippen LogP) is 0.676. The van der Waals surface area contributed by atoms with Crippen molar-refractivity contribution in [3.05, 3.63) is 18.6 Å². The van der Waals surface area contributed by atoms with Crippen LogP contribution in [0.1, 0.15) is 25.7 Å². The van der Waals surface area contributed by atoms with Gasteiger partial charge in [-0.05, 0) is 25.2 Å². The Hall–Kier alpha value is -1.69. The minimum Gasteiger partial charge on any atom is -0.386 e. The molecule has 0 radical (unpaired) electrons. The molecule has 1 aromatic rings. The van der Waals surface area contributed by atoms with Gasteiger partial charge in [0.15, 0.2) is 0 Å². The molecule has 21 heavy (non-hydrogen) atoms. The topological polar surface area (TPSA) is 69.6 Å². The fourth-order valence-corrected chi connectivity index (χ4v) is 2.89. The Morgan fingerprint density at radius 1 is 1.52 bits per heavy atom. The van der Waals surface area contributed by atoms with Crippen LogP contribution in [0.25, 0.3) is 0 Å². The van der Waals surface area contributed by atoms with Crippen molar-refractivity contribution < 1.29 is 9.90 Å². The molecule has 2 fully saturated rings. The second-order valence-corrected chi connectivity index (χ2v) is 6.36. The molecule has 1 atom stereocenters. The van der Waals surface area contributed by atoms with E-state index in [-0.39, 0.29) is 5.91 Å². The van der Waals surface area contributed by atoms with Crippen LogP contribution in [0.3, 0.4) is 0 Å². The van der Waals surface area contributed by atoms with Crippen LogP contribution in [0.5, 0.6) is 0 Å². The highest BCUT2D eigenvalue weighted by Crippen LogP contribution is 2.33. The number of hydrogen-bond acceptors (Lipinski definition) is 5. The van der Waals surface area contributed by atoms with Crippen molar-refractivity contribution in [2.75, 3.05) is 31.6 Å². The molecule has 1 amide bonds. The Kier molecular flexibility index (Phi) is 3.80. The van der Waals surface area contributed by atoms with Gasteiger partial charge in [0.05, 0.1) is 12.7 Å². The summed E-state index contributed by atoms with van der Waals surface area (Å²) in [4.78, 5) is 24.1. The van der Waals surface area contributed by atoms with Gasteiger partial charge in [-0.2, -0.15) is 0 Å². The Balaban J connectivity index is 1.56. The monoisotopic (exact) mass is 290 g/mol. The van der Waals surface area contributed by atoms with E-state index in [0.29, 0.717) is 31.8 Å². The summed E-state index contributed by atoms with van der Waals surface area (Å²) >= 11 is 0. The maximum Gasteiger partial charge on any atom is 0.222 e. The molecule has 1 aromatic heterocycles. The molecule has 2 heterocycles. The van der Waals surface area contributed by atoms with E-state index in [1.807, 2.05) is 4.90 Å². The molecule has 1 aliphatic carbocycles. The standard InChI is InChI=1S/C15H22N4O2/c1-18(14(20)8-12-2-3-12)10-15(21)4-7-19(11-15)13-9-16-5-6-17-13/h5-6,9,12,21H,2-4,7-8,10-11H2,1H3/t15-/m1/s1. The SMILES string of the molecule is CN(C[C@]1(O)CCN(c2cnccn2)C1)C(=O)CC1CC1. The van der Waals surface area contributed by atoms with Crippen LogP contribution in [0, 0.1) is 5.92 Å². The van der Waals surface area contributed by atoms with Crippen LogP contribution >= 0.6 is 0 Å². The van der Waals surface area contributed by atoms with E-state index in [4.69, 9.17) is 0 Å². The number of aliphatic hydroxyl groups is 1. The first-order valence-corrected chi connectivity index (χ1v) is 7.53. The number of anilines is 1. The third-order valence-corrected chi connectivity index (χ3v) is 4.32. The molecule has 0 aromatic carbocycles. The van der Waals surface area contributed by atoms with Crippen LogP contribution in [-0.2, 0) is 4.79 Å². The lowest BCUT2D eigenvalue weighted by atomic mass is 10.0. The molecule has 6 heteroatoms. The van der Waals surface area contributed by atoms with Crippen LogP contribution in [0.15, 0.2) is 18.6 Å². The molecule has 1 N–H and O–H groups in total. The fraction of sp³-hybridized carbons (Fsp3) is 0.667. The summed E-state index contributed by atoms with van der Waals surface area (Å²) in [6.45, 7) is 1.61. The summed E-state index contributed by atoms with van der Waals surface area (Å²) in [5.74, 6) is 1.50. The predicted molar refractivity (Wildman–Crippen MR) is 78.8 cm³/mol. The van der Waals surface area contributed by atoms with E-state index in [1.165, 1.54) is 12.8 Å². The number of hydrogen-bond donors (Lipinski definition) is 1. The zero-order valence-electron chi connectivity index (χ0n) is 12.4. The summed E-state index contributed by atoms with van der Waals surface area (Å²) in [5, 5.41) is 10.7. The van der Waals surface area contributed by atoms with Crippen molar-refractivity contribution in [1.29, 1.82) is 0 Å². The number of carbonyl (C=O) groups excluding carboxylic acids is 1. The summed E-state index contributed by atoms with van der Waals surface area (Å²) in [6, 6.07) is 0. The number of aromatic nitrogens is 2. The van der Waals surface area contributed by atoms with Crippen molar-refractivity contribution in [2.24, 2.45) is 5.92 Å². The maximum absolute atomic E-state index is 12.1. The quantitative estimate of drug-likeness (QED) is 0.863. The summed E-state index contributed by atoms with van der Waals surface area (Å²) in [7, 11) is 1.79. The number of carbonyl (C=O) groups is 1. The first-order chi connectivity index (χ1) is 10.1. The highest BCUT2D eigenvalue weighted by Gasteiger charge is 2.39. The molecule has 1 saturated heterocycles. The van der Waals surface area contributed by atoms with Gasteiger partial charge in [-0.25, -0.2) is 4.98 Å². The van der Waals surface area contributed by atoms with Crippen molar-refractivity contribution >= 4 is 11.7 Å². The third-order valence-electron chi connectivity index (χ3n) is 4.32. The Morgan fingerprint density at radius 3 is 3.00 bits per heavy atom. The Bertz CT molecular complexity index is 506. The zero-order valence-corrected chi connectivity index (χ0v) is 12.4. The Labute approximate surface area is 124 Å². The van der Waals surface area contributed by atoms with Crippen molar-refractivity contribution in [2.45, 2.75) is 31.3 Å². The minimum absolute atomic E-state index is 0.142. The summed E-state index contributed by atoms with van der Waals surface area (Å²) in [6.07, 6.45) is 8.60. The number of likely N-dealkylation sites (N-methyl/N-ethyl adjacent to an activating group) is 1. The van der Waals surface area contributed by atoms with E-state index in [2.05, 4.69) is 9.97 Å². The minimum atomic E-state index is -0.856. The van der Waals surface area contributed by atoms with E-state index in [1.54, 1.807) is 30.5 Å². The molecule has 0 bridgehead atoms. The number of rotatable bonds is 5. The van der Waals surface area contributed by atoms with Gasteiger partial charge in [-0.3, -0.25) is 9.78 Å². The van der Waals surface area contributed by atoms with Crippen LogP contribution in [0.2, 0.25) is 0 Å². The van der Waals surface area contributed by atoms with Gasteiger partial charge in [-0.1, -0.05) is 0 Å². The molecule has 6 nitrogen and oxygen atoms in total. The smallest absolute Gasteiger partial charge is 0.222 e. The van der Waals surface area contributed by atoms with Crippen LogP contribution in [0.4, 0.5) is 5.82 Å². The lowest BCUT2D eigenvalue weighted by molar-refractivity contribution is -0.133. The van der Waals surface area contributed by atoms with Crippen molar-refractivity contribution in [1.82, 2.24) is 14.9 Å². The molecule has 114 valence electrons. The van der Waals surface area contributed by atoms with Crippen LogP contribution < -0.4 is 4.90 Å². The number of β-amino-alcohol motifs (C(OH)–C–C–N with tert-alkyl or cyclic N) is 1. The van der Waals surface area contributed by atoms with Crippen molar-refractivity contribution in [3.8, 4) is 0 Å². The molecular formula is C15H22N4O2. The van der Waals surface area contributed by atoms with E-state index in [0.717, 1.165) is 12.4 Å². The maximum atomic E-state index is 12.1. The third kappa shape index (κ3) is 3.50. The highest BCUT2D eigenvalue weighted by atomic mass is 16.3. The van der Waals surface area contributed by atoms with Crippen molar-refractivity contribution in [3.63, 3.8) is 0 Å². The summed E-state index contributed by atoms with van der Waals surface area (Å²) in [5.41, 5.74) is -0.856. The highest BCUT2D eigenvalue weighted by molar-refractivity contribution is 5.76. The van der Waals surface area contributed by atoms with Gasteiger partial charge >= 0.3 is 0 Å². The van der Waals surface area contributed by atoms with Gasteiger partial charge in [0.2, 0.25) is 5.91 Å². The van der Waals surface area contributed by atoms with Gasteiger partial charge in [0.25, 0.3) is 0 Å². The first-order valence-electron chi connectivity index (χ1n) is 7.53. The van der Waals surface area contributed by atoms with E-state index >= 15 is 0 Å². The first kappa shape index (κ1) is 14.3. The normalized spacial score (nSPS) is 25.1. The van der Waals surface area contributed by atoms with Gasteiger partial charge in [0.1, 0.15) is 11.4 Å². The average molecular weight is 290 g/mol. The lowest BCUT2D eigenvalue weighted by Gasteiger charge is -2.29. The number of amides is 1. The van der Waals surface area contributed by atoms with Gasteiger partial charge < -0.3 is 14.9 Å². The molecule has 0 unspecified atom stereocenters. The number of nitrogens with zero attached hydrogens (tertiary/aromatic N) is 4. The molecule has 1 aliphatic heterocycles. The molecule has 3 rings (SSSR count). The lowest BCUT2D eigenvalue weighted by Crippen LogP contribution is -2.46. The zero-order chi connectivity index (χ0) is 14.9. The Morgan fingerprint density at radius 2 is 2.33 bits per heavy atom. The van der Waals surface area contributed by atoms with Crippen LogP contribution in [-0.4, -0.2) is 58.2 Å². The van der Waals surface area contributed by atoms with Gasteiger partial charge in [-0.15, -0.1) is 0 Å². The molecule has 0 spiro atoms. The fourth-order valence-electron chi connectivity index (χ4n) is 2.89. The van der Waals surface area contributed by atoms with E-state index in [9.17, 15) is 9.90 Å². The van der Waals surface area contributed by atoms with E-state index < -0.39 is 5.60 Å². The van der Waals surface area contributed by atoms with Gasteiger partial charge in [0, 0.05) is 39.0 Å². The second kappa shape index (κ2) is 5.60. The molecule has 2 aliphatic rings.